The maximum Gasteiger partial charge on any atom is 0.230 e. The molecule has 3 N–H and O–H groups in total. The standard InChI is InChI=1S/C15H22N2OS/c1-11-5-2-3-8-14(11)19-10-15(18)17-13-7-4-6-12(13)9-16/h2-3,5,8,12-13H,4,6-7,9-10,16H2,1H3,(H,17,18). The van der Waals surface area contributed by atoms with Gasteiger partial charge in [0.05, 0.1) is 5.75 Å². The zero-order valence-corrected chi connectivity index (χ0v) is 12.2. The molecule has 0 spiro atoms. The molecule has 4 heteroatoms. The summed E-state index contributed by atoms with van der Waals surface area (Å²) in [5.41, 5.74) is 6.95. The molecule has 0 heterocycles. The quantitative estimate of drug-likeness (QED) is 0.813. The summed E-state index contributed by atoms with van der Waals surface area (Å²) < 4.78 is 0. The molecule has 1 amide bonds. The van der Waals surface area contributed by atoms with E-state index >= 15 is 0 Å². The van der Waals surface area contributed by atoms with Crippen LogP contribution in [0, 0.1) is 12.8 Å². The van der Waals surface area contributed by atoms with E-state index in [1.54, 1.807) is 11.8 Å². The van der Waals surface area contributed by atoms with Gasteiger partial charge in [0.2, 0.25) is 5.91 Å². The van der Waals surface area contributed by atoms with Crippen LogP contribution in [0.5, 0.6) is 0 Å². The first-order valence-corrected chi connectivity index (χ1v) is 7.87. The average Bonchev–Trinajstić information content (AvgIpc) is 2.85. The van der Waals surface area contributed by atoms with E-state index in [1.807, 2.05) is 12.1 Å². The highest BCUT2D eigenvalue weighted by Crippen LogP contribution is 2.25. The minimum Gasteiger partial charge on any atom is -0.352 e. The molecule has 2 rings (SSSR count). The number of hydrogen-bond acceptors (Lipinski definition) is 3. The van der Waals surface area contributed by atoms with Crippen LogP contribution in [0.15, 0.2) is 29.2 Å². The first kappa shape index (κ1) is 14.4. The predicted molar refractivity (Wildman–Crippen MR) is 80.2 cm³/mol. The van der Waals surface area contributed by atoms with Gasteiger partial charge in [-0.15, -0.1) is 11.8 Å². The number of rotatable bonds is 5. The fraction of sp³-hybridized carbons (Fsp3) is 0.533. The van der Waals surface area contributed by atoms with Gasteiger partial charge in [-0.05, 0) is 43.9 Å². The number of carbonyl (C=O) groups is 1. The predicted octanol–water partition coefficient (Wildman–Crippen LogP) is 2.33. The van der Waals surface area contributed by atoms with E-state index in [4.69, 9.17) is 5.73 Å². The van der Waals surface area contributed by atoms with Crippen LogP contribution in [-0.4, -0.2) is 24.2 Å². The smallest absolute Gasteiger partial charge is 0.230 e. The van der Waals surface area contributed by atoms with E-state index < -0.39 is 0 Å². The van der Waals surface area contributed by atoms with E-state index in [0.29, 0.717) is 18.2 Å². The Labute approximate surface area is 119 Å². The zero-order chi connectivity index (χ0) is 13.7. The van der Waals surface area contributed by atoms with Gasteiger partial charge in [0.25, 0.3) is 0 Å². The Bertz CT molecular complexity index is 436. The molecule has 0 saturated heterocycles. The number of amides is 1. The van der Waals surface area contributed by atoms with Crippen LogP contribution in [-0.2, 0) is 4.79 Å². The molecule has 0 radical (unpaired) electrons. The van der Waals surface area contributed by atoms with Gasteiger partial charge >= 0.3 is 0 Å². The summed E-state index contributed by atoms with van der Waals surface area (Å²) in [4.78, 5) is 13.2. The van der Waals surface area contributed by atoms with Gasteiger partial charge in [0.15, 0.2) is 0 Å². The van der Waals surface area contributed by atoms with E-state index in [9.17, 15) is 4.79 Å². The molecule has 1 fully saturated rings. The third-order valence-corrected chi connectivity index (χ3v) is 4.94. The molecule has 104 valence electrons. The lowest BCUT2D eigenvalue weighted by Gasteiger charge is -2.19. The normalized spacial score (nSPS) is 22.4. The third kappa shape index (κ3) is 3.98. The summed E-state index contributed by atoms with van der Waals surface area (Å²) in [6.45, 7) is 2.75. The summed E-state index contributed by atoms with van der Waals surface area (Å²) >= 11 is 1.60. The lowest BCUT2D eigenvalue weighted by Crippen LogP contribution is -2.40. The van der Waals surface area contributed by atoms with Crippen molar-refractivity contribution in [1.82, 2.24) is 5.32 Å². The summed E-state index contributed by atoms with van der Waals surface area (Å²) in [5, 5.41) is 3.13. The number of carbonyl (C=O) groups excluding carboxylic acids is 1. The van der Waals surface area contributed by atoms with Crippen molar-refractivity contribution >= 4 is 17.7 Å². The third-order valence-electron chi connectivity index (χ3n) is 3.76. The van der Waals surface area contributed by atoms with Crippen molar-refractivity contribution in [3.63, 3.8) is 0 Å². The average molecular weight is 278 g/mol. The van der Waals surface area contributed by atoms with Gasteiger partial charge in [-0.2, -0.15) is 0 Å². The van der Waals surface area contributed by atoms with Crippen LogP contribution >= 0.6 is 11.8 Å². The molecule has 1 aliphatic carbocycles. The molecule has 0 aliphatic heterocycles. The van der Waals surface area contributed by atoms with Crippen LogP contribution in [0.4, 0.5) is 0 Å². The van der Waals surface area contributed by atoms with Gasteiger partial charge < -0.3 is 11.1 Å². The van der Waals surface area contributed by atoms with Crippen molar-refractivity contribution in [2.45, 2.75) is 37.1 Å². The number of hydrogen-bond donors (Lipinski definition) is 2. The Morgan fingerprint density at radius 3 is 2.95 bits per heavy atom. The van der Waals surface area contributed by atoms with Gasteiger partial charge in [-0.3, -0.25) is 4.79 Å². The molecule has 19 heavy (non-hydrogen) atoms. The molecule has 2 unspecified atom stereocenters. The number of thioether (sulfide) groups is 1. The lowest BCUT2D eigenvalue weighted by molar-refractivity contribution is -0.119. The molecular formula is C15H22N2OS. The minimum atomic E-state index is 0.124. The molecule has 0 aromatic heterocycles. The van der Waals surface area contributed by atoms with Crippen LogP contribution in [0.2, 0.25) is 0 Å². The maximum absolute atomic E-state index is 12.0. The molecule has 1 saturated carbocycles. The summed E-state index contributed by atoms with van der Waals surface area (Å²) in [7, 11) is 0. The van der Waals surface area contributed by atoms with E-state index in [-0.39, 0.29) is 11.9 Å². The van der Waals surface area contributed by atoms with Crippen molar-refractivity contribution < 1.29 is 4.79 Å². The van der Waals surface area contributed by atoms with E-state index in [2.05, 4.69) is 24.4 Å². The maximum atomic E-state index is 12.0. The second kappa shape index (κ2) is 6.96. The first-order chi connectivity index (χ1) is 9.20. The number of benzene rings is 1. The van der Waals surface area contributed by atoms with Crippen LogP contribution in [0.1, 0.15) is 24.8 Å². The Kier molecular flexibility index (Phi) is 5.28. The molecular weight excluding hydrogens is 256 g/mol. The molecule has 1 aliphatic rings. The summed E-state index contributed by atoms with van der Waals surface area (Å²) in [6.07, 6.45) is 3.40. The topological polar surface area (TPSA) is 55.1 Å². The molecule has 3 nitrogen and oxygen atoms in total. The van der Waals surface area contributed by atoms with Gasteiger partial charge in [-0.25, -0.2) is 0 Å². The molecule has 0 bridgehead atoms. The Hall–Kier alpha value is -1.00. The fourth-order valence-electron chi connectivity index (χ4n) is 2.62. The SMILES string of the molecule is Cc1ccccc1SCC(=O)NC1CCCC1CN. The van der Waals surface area contributed by atoms with Crippen LogP contribution < -0.4 is 11.1 Å². The van der Waals surface area contributed by atoms with E-state index in [0.717, 1.165) is 12.8 Å². The molecule has 1 aromatic rings. The minimum absolute atomic E-state index is 0.124. The van der Waals surface area contributed by atoms with Crippen molar-refractivity contribution in [3.05, 3.63) is 29.8 Å². The van der Waals surface area contributed by atoms with Crippen LogP contribution in [0.25, 0.3) is 0 Å². The first-order valence-electron chi connectivity index (χ1n) is 6.88. The van der Waals surface area contributed by atoms with Crippen molar-refractivity contribution in [2.24, 2.45) is 11.7 Å². The summed E-state index contributed by atoms with van der Waals surface area (Å²) in [5.74, 6) is 1.07. The van der Waals surface area contributed by atoms with Gasteiger partial charge in [0, 0.05) is 10.9 Å². The summed E-state index contributed by atoms with van der Waals surface area (Å²) in [6, 6.07) is 8.45. The second-order valence-electron chi connectivity index (χ2n) is 5.15. The molecule has 1 aromatic carbocycles. The van der Waals surface area contributed by atoms with Crippen molar-refractivity contribution in [2.75, 3.05) is 12.3 Å². The molecule has 2 atom stereocenters. The Balaban J connectivity index is 1.80. The number of nitrogens with one attached hydrogen (secondary N) is 1. The van der Waals surface area contributed by atoms with Gasteiger partial charge in [0.1, 0.15) is 0 Å². The highest BCUT2D eigenvalue weighted by atomic mass is 32.2. The highest BCUT2D eigenvalue weighted by molar-refractivity contribution is 8.00. The van der Waals surface area contributed by atoms with Crippen molar-refractivity contribution in [1.29, 1.82) is 0 Å². The van der Waals surface area contributed by atoms with Crippen molar-refractivity contribution in [3.8, 4) is 0 Å². The number of aryl methyl sites for hydroxylation is 1. The lowest BCUT2D eigenvalue weighted by atomic mass is 10.0. The van der Waals surface area contributed by atoms with Gasteiger partial charge in [-0.1, -0.05) is 24.6 Å². The largest absolute Gasteiger partial charge is 0.352 e. The Morgan fingerprint density at radius 1 is 1.42 bits per heavy atom. The van der Waals surface area contributed by atoms with E-state index in [1.165, 1.54) is 16.9 Å². The number of nitrogens with two attached hydrogens (primary N) is 1. The second-order valence-corrected chi connectivity index (χ2v) is 6.17. The van der Waals surface area contributed by atoms with Crippen LogP contribution in [0.3, 0.4) is 0 Å². The fourth-order valence-corrected chi connectivity index (χ4v) is 3.46. The highest BCUT2D eigenvalue weighted by Gasteiger charge is 2.27. The Morgan fingerprint density at radius 2 is 2.21 bits per heavy atom. The zero-order valence-electron chi connectivity index (χ0n) is 11.4. The monoisotopic (exact) mass is 278 g/mol.